The summed E-state index contributed by atoms with van der Waals surface area (Å²) in [5.74, 6) is -0.482. The van der Waals surface area contributed by atoms with Crippen LogP contribution < -0.4 is 10.2 Å². The second-order valence-corrected chi connectivity index (χ2v) is 4.49. The third-order valence-electron chi connectivity index (χ3n) is 2.67. The van der Waals surface area contributed by atoms with Crippen LogP contribution in [0.15, 0.2) is 53.6 Å². The second-order valence-electron chi connectivity index (χ2n) is 4.49. The monoisotopic (exact) mass is 284 g/mol. The minimum atomic E-state index is -0.997. The molecule has 0 aromatic heterocycles. The fourth-order valence-electron chi connectivity index (χ4n) is 1.69. The first-order valence-electron chi connectivity index (χ1n) is 6.44. The van der Waals surface area contributed by atoms with Crippen molar-refractivity contribution >= 4 is 17.9 Å². The maximum atomic E-state index is 10.4. The lowest BCUT2D eigenvalue weighted by Crippen LogP contribution is -2.09. The summed E-state index contributed by atoms with van der Waals surface area (Å²) in [6.07, 6.45) is 1.68. The highest BCUT2D eigenvalue weighted by molar-refractivity contribution is 5.80. The van der Waals surface area contributed by atoms with Crippen LogP contribution in [0.3, 0.4) is 0 Å². The zero-order chi connectivity index (χ0) is 15.1. The number of rotatable bonds is 6. The molecule has 0 aliphatic carbocycles. The minimum absolute atomic E-state index is 0.345. The maximum absolute atomic E-state index is 10.4. The van der Waals surface area contributed by atoms with E-state index in [0.29, 0.717) is 5.75 Å². The number of ether oxygens (including phenoxy) is 1. The van der Waals surface area contributed by atoms with Crippen LogP contribution in [0.5, 0.6) is 5.75 Å². The van der Waals surface area contributed by atoms with Crippen LogP contribution in [-0.2, 0) is 4.79 Å². The zero-order valence-corrected chi connectivity index (χ0v) is 11.6. The Morgan fingerprint density at radius 2 is 2.05 bits per heavy atom. The number of nitrogens with one attached hydrogen (secondary N) is 1. The van der Waals surface area contributed by atoms with Crippen LogP contribution >= 0.6 is 0 Å². The first-order valence-corrected chi connectivity index (χ1v) is 6.44. The molecule has 2 N–H and O–H groups in total. The van der Waals surface area contributed by atoms with E-state index in [2.05, 4.69) is 10.5 Å². The first-order chi connectivity index (χ1) is 10.1. The molecular formula is C16H16N2O3. The van der Waals surface area contributed by atoms with E-state index < -0.39 is 5.97 Å². The van der Waals surface area contributed by atoms with Crippen molar-refractivity contribution in [2.45, 2.75) is 6.92 Å². The van der Waals surface area contributed by atoms with Gasteiger partial charge in [0.15, 0.2) is 6.61 Å². The molecule has 108 valence electrons. The van der Waals surface area contributed by atoms with Crippen molar-refractivity contribution in [3.8, 4) is 5.75 Å². The third kappa shape index (κ3) is 4.99. The number of carboxylic acid groups (broad SMARTS) is 1. The summed E-state index contributed by atoms with van der Waals surface area (Å²) in [4.78, 5) is 10.4. The molecule has 2 aromatic carbocycles. The van der Waals surface area contributed by atoms with E-state index in [0.717, 1.165) is 16.8 Å². The number of hydrazone groups is 1. The van der Waals surface area contributed by atoms with Gasteiger partial charge in [-0.25, -0.2) is 4.79 Å². The molecule has 5 heteroatoms. The van der Waals surface area contributed by atoms with Gasteiger partial charge < -0.3 is 9.84 Å². The number of aryl methyl sites for hydroxylation is 1. The number of nitrogens with zero attached hydrogens (tertiary/aromatic N) is 1. The average Bonchev–Trinajstić information content (AvgIpc) is 2.46. The fourth-order valence-corrected chi connectivity index (χ4v) is 1.69. The van der Waals surface area contributed by atoms with E-state index in [1.54, 1.807) is 30.5 Å². The number of carboxylic acids is 1. The largest absolute Gasteiger partial charge is 0.482 e. The molecule has 0 aliphatic heterocycles. The molecule has 0 heterocycles. The van der Waals surface area contributed by atoms with Crippen molar-refractivity contribution in [1.29, 1.82) is 0 Å². The summed E-state index contributed by atoms with van der Waals surface area (Å²) in [7, 11) is 0. The molecular weight excluding hydrogens is 268 g/mol. The van der Waals surface area contributed by atoms with E-state index in [-0.39, 0.29) is 6.61 Å². The number of aliphatic carboxylic acids is 1. The van der Waals surface area contributed by atoms with Crippen molar-refractivity contribution in [2.75, 3.05) is 12.0 Å². The number of carbonyl (C=O) groups is 1. The van der Waals surface area contributed by atoms with Crippen LogP contribution in [0.2, 0.25) is 0 Å². The van der Waals surface area contributed by atoms with Crippen molar-refractivity contribution in [2.24, 2.45) is 5.10 Å². The molecule has 0 unspecified atom stereocenters. The van der Waals surface area contributed by atoms with Gasteiger partial charge in [0.25, 0.3) is 0 Å². The molecule has 0 spiro atoms. The van der Waals surface area contributed by atoms with Gasteiger partial charge in [-0.1, -0.05) is 12.1 Å². The molecule has 0 aliphatic rings. The number of anilines is 1. The highest BCUT2D eigenvalue weighted by Crippen LogP contribution is 2.12. The quantitative estimate of drug-likeness (QED) is 0.632. The molecule has 0 atom stereocenters. The van der Waals surface area contributed by atoms with Crippen LogP contribution in [0, 0.1) is 6.92 Å². The SMILES string of the molecule is Cc1cccc(N/N=C\c2ccc(OCC(=O)O)cc2)c1. The number of benzene rings is 2. The number of hydrogen-bond donors (Lipinski definition) is 2. The minimum Gasteiger partial charge on any atom is -0.482 e. The molecule has 0 fully saturated rings. The smallest absolute Gasteiger partial charge is 0.341 e. The molecule has 0 saturated heterocycles. The Morgan fingerprint density at radius 3 is 2.71 bits per heavy atom. The normalized spacial score (nSPS) is 10.5. The molecule has 0 bridgehead atoms. The van der Waals surface area contributed by atoms with E-state index >= 15 is 0 Å². The van der Waals surface area contributed by atoms with Gasteiger partial charge in [0.1, 0.15) is 5.75 Å². The van der Waals surface area contributed by atoms with E-state index in [1.807, 2.05) is 31.2 Å². The summed E-state index contributed by atoms with van der Waals surface area (Å²) in [6.45, 7) is 1.67. The Morgan fingerprint density at radius 1 is 1.29 bits per heavy atom. The Balaban J connectivity index is 1.90. The van der Waals surface area contributed by atoms with Gasteiger partial charge in [-0.3, -0.25) is 5.43 Å². The molecule has 5 nitrogen and oxygen atoms in total. The zero-order valence-electron chi connectivity index (χ0n) is 11.6. The number of hydrogen-bond acceptors (Lipinski definition) is 4. The van der Waals surface area contributed by atoms with Gasteiger partial charge >= 0.3 is 5.97 Å². The lowest BCUT2D eigenvalue weighted by atomic mass is 10.2. The summed E-state index contributed by atoms with van der Waals surface area (Å²) < 4.78 is 5.05. The van der Waals surface area contributed by atoms with Crippen molar-refractivity contribution < 1.29 is 14.6 Å². The van der Waals surface area contributed by atoms with E-state index in [9.17, 15) is 4.79 Å². The second kappa shape index (κ2) is 7.09. The lowest BCUT2D eigenvalue weighted by Gasteiger charge is -2.03. The summed E-state index contributed by atoms with van der Waals surface area (Å²) in [5.41, 5.74) is 5.92. The Bertz CT molecular complexity index is 636. The van der Waals surface area contributed by atoms with Crippen LogP contribution in [-0.4, -0.2) is 23.9 Å². The topological polar surface area (TPSA) is 70.9 Å². The average molecular weight is 284 g/mol. The Hall–Kier alpha value is -2.82. The fraction of sp³-hybridized carbons (Fsp3) is 0.125. The molecule has 0 radical (unpaired) electrons. The van der Waals surface area contributed by atoms with E-state index in [1.165, 1.54) is 0 Å². The highest BCUT2D eigenvalue weighted by atomic mass is 16.5. The maximum Gasteiger partial charge on any atom is 0.341 e. The van der Waals surface area contributed by atoms with Gasteiger partial charge in [-0.2, -0.15) is 5.10 Å². The van der Waals surface area contributed by atoms with Gasteiger partial charge in [0.2, 0.25) is 0 Å². The van der Waals surface area contributed by atoms with Crippen molar-refractivity contribution in [1.82, 2.24) is 0 Å². The molecule has 0 amide bonds. The van der Waals surface area contributed by atoms with E-state index in [4.69, 9.17) is 9.84 Å². The predicted octanol–water partition coefficient (Wildman–Crippen LogP) is 2.90. The van der Waals surface area contributed by atoms with Crippen molar-refractivity contribution in [3.63, 3.8) is 0 Å². The third-order valence-corrected chi connectivity index (χ3v) is 2.67. The Labute approximate surface area is 122 Å². The van der Waals surface area contributed by atoms with Gasteiger partial charge in [0.05, 0.1) is 11.9 Å². The highest BCUT2D eigenvalue weighted by Gasteiger charge is 1.98. The van der Waals surface area contributed by atoms with Crippen LogP contribution in [0.4, 0.5) is 5.69 Å². The summed E-state index contributed by atoms with van der Waals surface area (Å²) >= 11 is 0. The molecule has 2 rings (SSSR count). The molecule has 2 aromatic rings. The predicted molar refractivity (Wildman–Crippen MR) is 82.0 cm³/mol. The molecule has 21 heavy (non-hydrogen) atoms. The van der Waals surface area contributed by atoms with Gasteiger partial charge in [0, 0.05) is 0 Å². The van der Waals surface area contributed by atoms with Gasteiger partial charge in [-0.15, -0.1) is 0 Å². The summed E-state index contributed by atoms with van der Waals surface area (Å²) in [5, 5.41) is 12.7. The van der Waals surface area contributed by atoms with Crippen LogP contribution in [0.1, 0.15) is 11.1 Å². The van der Waals surface area contributed by atoms with Gasteiger partial charge in [-0.05, 0) is 54.4 Å². The standard InChI is InChI=1S/C16H16N2O3/c1-12-3-2-4-14(9-12)18-17-10-13-5-7-15(8-6-13)21-11-16(19)20/h2-10,18H,11H2,1H3,(H,19,20)/b17-10-. The lowest BCUT2D eigenvalue weighted by molar-refractivity contribution is -0.139. The van der Waals surface area contributed by atoms with Crippen molar-refractivity contribution in [3.05, 3.63) is 59.7 Å². The Kier molecular flexibility index (Phi) is 4.93. The molecule has 0 saturated carbocycles. The van der Waals surface area contributed by atoms with Crippen LogP contribution in [0.25, 0.3) is 0 Å². The first kappa shape index (κ1) is 14.6. The summed E-state index contributed by atoms with van der Waals surface area (Å²) in [6, 6.07) is 14.9.